The molecule has 1 fully saturated rings. The van der Waals surface area contributed by atoms with Crippen LogP contribution in [0.15, 0.2) is 75.0 Å². The van der Waals surface area contributed by atoms with Gasteiger partial charge in [-0.2, -0.15) is 4.31 Å². The highest BCUT2D eigenvalue weighted by Crippen LogP contribution is 2.30. The number of imide groups is 1. The second-order valence-electron chi connectivity index (χ2n) is 6.08. The summed E-state index contributed by atoms with van der Waals surface area (Å²) in [5, 5.41) is 0. The highest BCUT2D eigenvalue weighted by Gasteiger charge is 2.46. The molecule has 0 N–H and O–H groups in total. The minimum Gasteiger partial charge on any atom is -0.274 e. The summed E-state index contributed by atoms with van der Waals surface area (Å²) in [6.07, 6.45) is 1.18. The molecule has 1 aliphatic rings. The number of carbonyl (C=O) groups excluding carboxylic acids is 2. The Morgan fingerprint density at radius 1 is 1.04 bits per heavy atom. The van der Waals surface area contributed by atoms with Crippen molar-refractivity contribution in [1.29, 1.82) is 0 Å². The van der Waals surface area contributed by atoms with E-state index in [1.165, 1.54) is 18.2 Å². The van der Waals surface area contributed by atoms with Crippen LogP contribution in [0.1, 0.15) is 6.42 Å². The number of hydrogen-bond donors (Lipinski definition) is 0. The highest BCUT2D eigenvalue weighted by atomic mass is 79.9. The number of hydrogen-bond acceptors (Lipinski definition) is 4. The van der Waals surface area contributed by atoms with Crippen molar-refractivity contribution in [2.75, 3.05) is 11.4 Å². The number of halogens is 2. The van der Waals surface area contributed by atoms with Crippen molar-refractivity contribution in [3.63, 3.8) is 0 Å². The lowest BCUT2D eigenvalue weighted by molar-refractivity contribution is -0.122. The van der Waals surface area contributed by atoms with Gasteiger partial charge in [0.1, 0.15) is 6.04 Å². The number of benzene rings is 2. The van der Waals surface area contributed by atoms with Crippen molar-refractivity contribution in [3.05, 3.63) is 70.1 Å². The van der Waals surface area contributed by atoms with E-state index in [0.29, 0.717) is 5.69 Å². The molecule has 0 bridgehead atoms. The number of nitrogens with zero attached hydrogens (tertiary/aromatic N) is 2. The first-order chi connectivity index (χ1) is 13.3. The van der Waals surface area contributed by atoms with E-state index in [-0.39, 0.29) is 17.9 Å². The van der Waals surface area contributed by atoms with Gasteiger partial charge < -0.3 is 0 Å². The van der Waals surface area contributed by atoms with Crippen molar-refractivity contribution in [2.24, 2.45) is 0 Å². The van der Waals surface area contributed by atoms with Crippen LogP contribution >= 0.6 is 31.9 Å². The minimum absolute atomic E-state index is 0.0416. The molecule has 1 heterocycles. The Labute approximate surface area is 180 Å². The van der Waals surface area contributed by atoms with Gasteiger partial charge in [-0.3, -0.25) is 9.59 Å². The molecule has 1 unspecified atom stereocenters. The maximum Gasteiger partial charge on any atom is 0.252 e. The predicted molar refractivity (Wildman–Crippen MR) is 113 cm³/mol. The lowest BCUT2D eigenvalue weighted by atomic mass is 10.2. The number of rotatable bonds is 6. The van der Waals surface area contributed by atoms with Gasteiger partial charge in [0.05, 0.1) is 17.0 Å². The zero-order valence-electron chi connectivity index (χ0n) is 14.6. The molecule has 2 amide bonds. The topological polar surface area (TPSA) is 74.8 Å². The smallest absolute Gasteiger partial charge is 0.252 e. The van der Waals surface area contributed by atoms with Gasteiger partial charge >= 0.3 is 0 Å². The summed E-state index contributed by atoms with van der Waals surface area (Å²) < 4.78 is 28.8. The molecule has 2 aromatic rings. The number of carbonyl (C=O) groups is 2. The number of sulfonamides is 1. The van der Waals surface area contributed by atoms with Gasteiger partial charge in [0.15, 0.2) is 0 Å². The maximum atomic E-state index is 13.1. The molecule has 0 aliphatic carbocycles. The van der Waals surface area contributed by atoms with E-state index < -0.39 is 27.9 Å². The van der Waals surface area contributed by atoms with Crippen LogP contribution in [0.3, 0.4) is 0 Å². The molecule has 2 aromatic carbocycles. The lowest BCUT2D eigenvalue weighted by Gasteiger charge is -2.25. The average molecular weight is 528 g/mol. The molecule has 0 aromatic heterocycles. The summed E-state index contributed by atoms with van der Waals surface area (Å²) in [4.78, 5) is 26.6. The van der Waals surface area contributed by atoms with Crippen LogP contribution in [0.2, 0.25) is 0 Å². The summed E-state index contributed by atoms with van der Waals surface area (Å²) in [6, 6.07) is 11.7. The van der Waals surface area contributed by atoms with Crippen molar-refractivity contribution in [3.8, 4) is 0 Å². The van der Waals surface area contributed by atoms with Crippen LogP contribution < -0.4 is 4.90 Å². The second kappa shape index (κ2) is 8.28. The molecule has 1 atom stereocenters. The Bertz CT molecular complexity index is 1020. The van der Waals surface area contributed by atoms with Gasteiger partial charge in [-0.05, 0) is 48.5 Å². The first-order valence-electron chi connectivity index (χ1n) is 8.26. The summed E-state index contributed by atoms with van der Waals surface area (Å²) in [5.41, 5.74) is 0.403. The Morgan fingerprint density at radius 3 is 2.11 bits per heavy atom. The van der Waals surface area contributed by atoms with Crippen molar-refractivity contribution in [1.82, 2.24) is 4.31 Å². The molecule has 9 heteroatoms. The Hall–Kier alpha value is -1.81. The lowest BCUT2D eigenvalue weighted by Crippen LogP contribution is -2.45. The van der Waals surface area contributed by atoms with Crippen LogP contribution in [-0.4, -0.2) is 37.1 Å². The fraction of sp³-hybridized carbons (Fsp3) is 0.158. The van der Waals surface area contributed by atoms with E-state index in [2.05, 4.69) is 38.4 Å². The van der Waals surface area contributed by atoms with E-state index in [9.17, 15) is 18.0 Å². The molecule has 1 aliphatic heterocycles. The van der Waals surface area contributed by atoms with Crippen molar-refractivity contribution < 1.29 is 18.0 Å². The fourth-order valence-corrected chi connectivity index (χ4v) is 5.05. The van der Waals surface area contributed by atoms with Crippen LogP contribution in [0, 0.1) is 0 Å². The van der Waals surface area contributed by atoms with Gasteiger partial charge in [-0.25, -0.2) is 13.3 Å². The van der Waals surface area contributed by atoms with Crippen LogP contribution in [0.25, 0.3) is 0 Å². The van der Waals surface area contributed by atoms with Crippen LogP contribution in [-0.2, 0) is 19.6 Å². The first-order valence-corrected chi connectivity index (χ1v) is 11.3. The van der Waals surface area contributed by atoms with E-state index in [0.717, 1.165) is 18.2 Å². The molecule has 28 heavy (non-hydrogen) atoms. The SMILES string of the molecule is C=CCN(C1CC(=O)N(c2ccc(Br)cc2)C1=O)S(=O)(=O)c1ccc(Br)cc1. The zero-order valence-corrected chi connectivity index (χ0v) is 18.6. The molecular weight excluding hydrogens is 512 g/mol. The summed E-state index contributed by atoms with van der Waals surface area (Å²) in [7, 11) is -4.00. The third-order valence-electron chi connectivity index (χ3n) is 4.28. The Kier molecular flexibility index (Phi) is 6.18. The molecular formula is C19H16Br2N2O4S. The quantitative estimate of drug-likeness (QED) is 0.424. The summed E-state index contributed by atoms with van der Waals surface area (Å²) in [5.74, 6) is -1.02. The summed E-state index contributed by atoms with van der Waals surface area (Å²) >= 11 is 6.58. The summed E-state index contributed by atoms with van der Waals surface area (Å²) in [6.45, 7) is 3.51. The Morgan fingerprint density at radius 2 is 1.57 bits per heavy atom. The molecule has 0 radical (unpaired) electrons. The van der Waals surface area contributed by atoms with Crippen LogP contribution in [0.4, 0.5) is 5.69 Å². The van der Waals surface area contributed by atoms with Gasteiger partial charge in [-0.15, -0.1) is 6.58 Å². The fourth-order valence-electron chi connectivity index (χ4n) is 2.96. The van der Waals surface area contributed by atoms with Crippen LogP contribution in [0.5, 0.6) is 0 Å². The largest absolute Gasteiger partial charge is 0.274 e. The zero-order chi connectivity index (χ0) is 20.5. The molecule has 6 nitrogen and oxygen atoms in total. The first kappa shape index (κ1) is 20.9. The van der Waals surface area contributed by atoms with Crippen molar-refractivity contribution >= 4 is 59.4 Å². The normalized spacial score (nSPS) is 17.4. The van der Waals surface area contributed by atoms with Gasteiger partial charge in [0.2, 0.25) is 15.9 Å². The monoisotopic (exact) mass is 526 g/mol. The molecule has 146 valence electrons. The highest BCUT2D eigenvalue weighted by molar-refractivity contribution is 9.10. The molecule has 1 saturated heterocycles. The number of anilines is 1. The average Bonchev–Trinajstić information content (AvgIpc) is 2.95. The van der Waals surface area contributed by atoms with E-state index >= 15 is 0 Å². The second-order valence-corrected chi connectivity index (χ2v) is 9.80. The number of amides is 2. The third kappa shape index (κ3) is 3.98. The molecule has 0 spiro atoms. The van der Waals surface area contributed by atoms with Gasteiger partial charge in [0, 0.05) is 15.5 Å². The predicted octanol–water partition coefficient (Wildman–Crippen LogP) is 3.72. The molecule has 3 rings (SSSR count). The Balaban J connectivity index is 1.97. The van der Waals surface area contributed by atoms with Gasteiger partial charge in [-0.1, -0.05) is 37.9 Å². The van der Waals surface area contributed by atoms with Crippen molar-refractivity contribution in [2.45, 2.75) is 17.4 Å². The van der Waals surface area contributed by atoms with E-state index in [1.807, 2.05) is 0 Å². The van der Waals surface area contributed by atoms with E-state index in [4.69, 9.17) is 0 Å². The maximum absolute atomic E-state index is 13.1. The van der Waals surface area contributed by atoms with Gasteiger partial charge in [0.25, 0.3) is 5.91 Å². The molecule has 0 saturated carbocycles. The minimum atomic E-state index is -4.00. The van der Waals surface area contributed by atoms with E-state index in [1.54, 1.807) is 36.4 Å². The third-order valence-corrected chi connectivity index (χ3v) is 7.23. The standard InChI is InChI=1S/C19H16Br2N2O4S/c1-2-11-22(28(26,27)16-9-5-14(21)6-10-16)17-12-18(24)23(19(17)25)15-7-3-13(20)4-8-15/h2-10,17H,1,11-12H2.